The van der Waals surface area contributed by atoms with Crippen LogP contribution in [-0.2, 0) is 9.53 Å². The zero-order chi connectivity index (χ0) is 25.2. The van der Waals surface area contributed by atoms with Gasteiger partial charge in [-0.15, -0.1) is 0 Å². The van der Waals surface area contributed by atoms with Gasteiger partial charge in [0.2, 0.25) is 5.91 Å². The van der Waals surface area contributed by atoms with Gasteiger partial charge in [0.1, 0.15) is 41.1 Å². The van der Waals surface area contributed by atoms with E-state index in [9.17, 15) is 9.18 Å². The number of nitrogens with zero attached hydrogens (tertiary/aromatic N) is 5. The zero-order valence-electron chi connectivity index (χ0n) is 19.8. The summed E-state index contributed by atoms with van der Waals surface area (Å²) in [5, 5.41) is 5.23. The van der Waals surface area contributed by atoms with Crippen LogP contribution in [0.1, 0.15) is 39.3 Å². The van der Waals surface area contributed by atoms with Crippen LogP contribution in [0, 0.1) is 17.6 Å². The van der Waals surface area contributed by atoms with E-state index in [-0.39, 0.29) is 29.6 Å². The lowest BCUT2D eigenvalue weighted by atomic mass is 10.1. The van der Waals surface area contributed by atoms with Crippen molar-refractivity contribution in [3.63, 3.8) is 0 Å². The van der Waals surface area contributed by atoms with E-state index < -0.39 is 17.3 Å². The first kappa shape index (κ1) is 23.7. The Morgan fingerprint density at radius 1 is 1.14 bits per heavy atom. The summed E-state index contributed by atoms with van der Waals surface area (Å²) in [6.07, 6.45) is 7.34. The number of aromatic nitrogens is 5. The van der Waals surface area contributed by atoms with Gasteiger partial charge < -0.3 is 15.4 Å². The van der Waals surface area contributed by atoms with Gasteiger partial charge in [0.25, 0.3) is 0 Å². The summed E-state index contributed by atoms with van der Waals surface area (Å²) in [6.45, 7) is 4.03. The van der Waals surface area contributed by atoms with Crippen LogP contribution in [0.4, 0.5) is 26.0 Å². The third-order valence-electron chi connectivity index (χ3n) is 6.00. The Morgan fingerprint density at radius 3 is 2.78 bits per heavy atom. The second-order valence-electron chi connectivity index (χ2n) is 8.82. The molecule has 4 aromatic rings. The van der Waals surface area contributed by atoms with Gasteiger partial charge in [-0.05, 0) is 43.5 Å². The van der Waals surface area contributed by atoms with E-state index in [1.807, 2.05) is 4.57 Å². The molecule has 36 heavy (non-hydrogen) atoms. The van der Waals surface area contributed by atoms with Crippen molar-refractivity contribution in [3.05, 3.63) is 54.8 Å². The van der Waals surface area contributed by atoms with E-state index in [4.69, 9.17) is 4.74 Å². The minimum absolute atomic E-state index is 0.134. The third kappa shape index (κ3) is 4.49. The highest BCUT2D eigenvalue weighted by atomic mass is 19.1. The maximum Gasteiger partial charge on any atom is 0.227 e. The summed E-state index contributed by atoms with van der Waals surface area (Å²) in [4.78, 5) is 29.7. The zero-order valence-corrected chi connectivity index (χ0v) is 19.8. The molecule has 4 heterocycles. The minimum atomic E-state index is -0.938. The Morgan fingerprint density at radius 2 is 2.00 bits per heavy atom. The number of ether oxygens (including phenoxy) is 1. The predicted octanol–water partition coefficient (Wildman–Crippen LogP) is 5.20. The van der Waals surface area contributed by atoms with Crippen LogP contribution in [0.2, 0.25) is 0 Å². The van der Waals surface area contributed by atoms with Crippen LogP contribution in [0.25, 0.3) is 22.4 Å². The SMILES string of the molecule is CC(C)C(=O)Nc1ccc(F)c(Nc2ncccc2-c2ncnc3c2ncn3C2CCCCO2)c1F. The summed E-state index contributed by atoms with van der Waals surface area (Å²) in [5.41, 5.74) is 1.47. The van der Waals surface area contributed by atoms with Crippen molar-refractivity contribution >= 4 is 34.3 Å². The van der Waals surface area contributed by atoms with Crippen LogP contribution in [0.5, 0.6) is 0 Å². The van der Waals surface area contributed by atoms with E-state index in [1.165, 1.54) is 18.6 Å². The van der Waals surface area contributed by atoms with Crippen LogP contribution in [0.3, 0.4) is 0 Å². The van der Waals surface area contributed by atoms with Crippen molar-refractivity contribution in [1.82, 2.24) is 24.5 Å². The number of amides is 1. The summed E-state index contributed by atoms with van der Waals surface area (Å²) in [7, 11) is 0. The number of fused-ring (bicyclic) bond motifs is 1. The monoisotopic (exact) mass is 493 g/mol. The summed E-state index contributed by atoms with van der Waals surface area (Å²) >= 11 is 0. The molecule has 1 saturated heterocycles. The molecule has 2 N–H and O–H groups in total. The van der Waals surface area contributed by atoms with E-state index in [0.29, 0.717) is 29.0 Å². The van der Waals surface area contributed by atoms with Crippen molar-refractivity contribution in [2.75, 3.05) is 17.2 Å². The Hall–Kier alpha value is -3.99. The van der Waals surface area contributed by atoms with Gasteiger partial charge in [0, 0.05) is 24.3 Å². The topological polar surface area (TPSA) is 107 Å². The molecular weight excluding hydrogens is 468 g/mol. The van der Waals surface area contributed by atoms with Gasteiger partial charge in [-0.2, -0.15) is 0 Å². The van der Waals surface area contributed by atoms with Gasteiger partial charge >= 0.3 is 0 Å². The van der Waals surface area contributed by atoms with E-state index in [1.54, 1.807) is 32.3 Å². The Bertz CT molecular complexity index is 1420. The lowest BCUT2D eigenvalue weighted by Crippen LogP contribution is -2.19. The van der Waals surface area contributed by atoms with Crippen LogP contribution in [-0.4, -0.2) is 37.0 Å². The summed E-state index contributed by atoms with van der Waals surface area (Å²) in [6, 6.07) is 5.69. The fourth-order valence-corrected chi connectivity index (χ4v) is 4.06. The Balaban J connectivity index is 1.53. The number of anilines is 3. The molecule has 9 nitrogen and oxygen atoms in total. The third-order valence-corrected chi connectivity index (χ3v) is 6.00. The first-order chi connectivity index (χ1) is 17.4. The number of halogens is 2. The van der Waals surface area contributed by atoms with Crippen molar-refractivity contribution in [2.24, 2.45) is 5.92 Å². The fourth-order valence-electron chi connectivity index (χ4n) is 4.06. The predicted molar refractivity (Wildman–Crippen MR) is 131 cm³/mol. The molecule has 3 aromatic heterocycles. The van der Waals surface area contributed by atoms with Crippen molar-refractivity contribution in [1.29, 1.82) is 0 Å². The molecule has 1 atom stereocenters. The number of nitrogens with one attached hydrogen (secondary N) is 2. The lowest BCUT2D eigenvalue weighted by molar-refractivity contribution is -0.118. The number of imidazole rings is 1. The lowest BCUT2D eigenvalue weighted by Gasteiger charge is -2.23. The summed E-state index contributed by atoms with van der Waals surface area (Å²) < 4.78 is 37.7. The van der Waals surface area contributed by atoms with Gasteiger partial charge in [0.05, 0.1) is 12.0 Å². The number of carbonyl (C=O) groups excluding carboxylic acids is 1. The van der Waals surface area contributed by atoms with Crippen molar-refractivity contribution in [3.8, 4) is 11.3 Å². The second kappa shape index (κ2) is 9.94. The molecule has 0 bridgehead atoms. The number of pyridine rings is 1. The van der Waals surface area contributed by atoms with Crippen LogP contribution in [0.15, 0.2) is 43.1 Å². The fraction of sp³-hybridized carbons (Fsp3) is 0.320. The smallest absolute Gasteiger partial charge is 0.227 e. The number of rotatable bonds is 6. The molecule has 0 radical (unpaired) electrons. The van der Waals surface area contributed by atoms with Crippen molar-refractivity contribution in [2.45, 2.75) is 39.3 Å². The highest BCUT2D eigenvalue weighted by Gasteiger charge is 2.23. The molecule has 1 aliphatic rings. The molecule has 186 valence electrons. The number of carbonyl (C=O) groups is 1. The molecular formula is C25H25F2N7O2. The van der Waals surface area contributed by atoms with Gasteiger partial charge in [-0.3, -0.25) is 9.36 Å². The maximum absolute atomic E-state index is 15.2. The highest BCUT2D eigenvalue weighted by molar-refractivity contribution is 5.94. The second-order valence-corrected chi connectivity index (χ2v) is 8.82. The van der Waals surface area contributed by atoms with Crippen LogP contribution < -0.4 is 10.6 Å². The molecule has 1 aliphatic heterocycles. The molecule has 1 amide bonds. The van der Waals surface area contributed by atoms with E-state index in [0.717, 1.165) is 25.3 Å². The molecule has 0 spiro atoms. The largest absolute Gasteiger partial charge is 0.358 e. The Kier molecular flexibility index (Phi) is 6.55. The molecule has 0 aliphatic carbocycles. The first-order valence-corrected chi connectivity index (χ1v) is 11.7. The van der Waals surface area contributed by atoms with Gasteiger partial charge in [-0.25, -0.2) is 28.7 Å². The first-order valence-electron chi connectivity index (χ1n) is 11.7. The van der Waals surface area contributed by atoms with Crippen LogP contribution >= 0.6 is 0 Å². The minimum Gasteiger partial charge on any atom is -0.358 e. The van der Waals surface area contributed by atoms with E-state index >= 15 is 4.39 Å². The number of hydrogen-bond acceptors (Lipinski definition) is 7. The molecule has 1 unspecified atom stereocenters. The molecule has 11 heteroatoms. The maximum atomic E-state index is 15.2. The molecule has 5 rings (SSSR count). The van der Waals surface area contributed by atoms with Crippen molar-refractivity contribution < 1.29 is 18.3 Å². The number of hydrogen-bond donors (Lipinski definition) is 2. The summed E-state index contributed by atoms with van der Waals surface area (Å²) in [5.74, 6) is -2.35. The highest BCUT2D eigenvalue weighted by Crippen LogP contribution is 2.35. The normalized spacial score (nSPS) is 15.9. The molecule has 1 aromatic carbocycles. The molecule has 0 saturated carbocycles. The average Bonchev–Trinajstić information content (AvgIpc) is 3.33. The van der Waals surface area contributed by atoms with E-state index in [2.05, 4.69) is 30.6 Å². The van der Waals surface area contributed by atoms with Gasteiger partial charge in [0.15, 0.2) is 11.5 Å². The molecule has 1 fully saturated rings. The quantitative estimate of drug-likeness (QED) is 0.380. The standard InChI is InChI=1S/C25H25F2N7O2/c1-14(2)25(35)32-17-9-8-16(26)21(19(17)27)33-23-15(6-5-10-28-23)20-22-24(30-12-29-20)34(13-31-22)18-7-3-4-11-36-18/h5-6,8-10,12-14,18H,3-4,7,11H2,1-2H3,(H,28,33)(H,32,35). The Labute approximate surface area is 206 Å². The average molecular weight is 494 g/mol. The number of benzene rings is 1. The van der Waals surface area contributed by atoms with Gasteiger partial charge in [-0.1, -0.05) is 13.8 Å².